The monoisotopic (exact) mass is 542 g/mol. The highest BCUT2D eigenvalue weighted by Crippen LogP contribution is 2.34. The summed E-state index contributed by atoms with van der Waals surface area (Å²) in [5, 5.41) is 2.83. The molecule has 196 valence electrons. The second-order valence-corrected chi connectivity index (χ2v) is 9.78. The summed E-state index contributed by atoms with van der Waals surface area (Å²) in [4.78, 5) is 39.0. The van der Waals surface area contributed by atoms with Crippen LogP contribution < -0.4 is 14.8 Å². The summed E-state index contributed by atoms with van der Waals surface area (Å²) in [6.07, 6.45) is 4.35. The maximum absolute atomic E-state index is 12.9. The lowest BCUT2D eigenvalue weighted by molar-refractivity contribution is -0.122. The van der Waals surface area contributed by atoms with Crippen molar-refractivity contribution < 1.29 is 28.6 Å². The van der Waals surface area contributed by atoms with Crippen molar-refractivity contribution in [3.05, 3.63) is 58.5 Å². The second kappa shape index (κ2) is 13.8. The standard InChI is InChI=1S/C27H30N2O6S2/c1-4-35-26(32)19-10-12-20(13-11-19)28-24(30)8-6-5-7-15-29-25(31)23(37-27(29)36)17-18-9-14-21(33-2)22(16-18)34-3/h9-14,16-17H,4-8,15H2,1-3H3,(H,28,30). The van der Waals surface area contributed by atoms with Crippen LogP contribution in [0, 0.1) is 0 Å². The average molecular weight is 543 g/mol. The van der Waals surface area contributed by atoms with Gasteiger partial charge in [0.25, 0.3) is 5.91 Å². The van der Waals surface area contributed by atoms with Gasteiger partial charge in [-0.1, -0.05) is 36.5 Å². The van der Waals surface area contributed by atoms with Gasteiger partial charge in [-0.25, -0.2) is 4.79 Å². The molecule has 3 rings (SSSR count). The number of esters is 1. The van der Waals surface area contributed by atoms with E-state index in [4.69, 9.17) is 26.4 Å². The number of thioether (sulfide) groups is 1. The number of unbranched alkanes of at least 4 members (excludes halogenated alkanes) is 2. The smallest absolute Gasteiger partial charge is 0.338 e. The molecule has 37 heavy (non-hydrogen) atoms. The summed E-state index contributed by atoms with van der Waals surface area (Å²) >= 11 is 6.70. The fourth-order valence-corrected chi connectivity index (χ4v) is 4.96. The number of thiocarbonyl (C=S) groups is 1. The summed E-state index contributed by atoms with van der Waals surface area (Å²) in [5.41, 5.74) is 1.88. The summed E-state index contributed by atoms with van der Waals surface area (Å²) < 4.78 is 16.1. The Balaban J connectivity index is 1.42. The minimum atomic E-state index is -0.390. The molecule has 2 aromatic rings. The highest BCUT2D eigenvalue weighted by atomic mass is 32.2. The number of amides is 2. The Morgan fingerprint density at radius 2 is 1.76 bits per heavy atom. The maximum atomic E-state index is 12.9. The van der Waals surface area contributed by atoms with Crippen molar-refractivity contribution in [3.8, 4) is 11.5 Å². The van der Waals surface area contributed by atoms with Gasteiger partial charge in [-0.15, -0.1) is 0 Å². The first kappa shape index (κ1) is 28.2. The van der Waals surface area contributed by atoms with Gasteiger partial charge in [-0.05, 0) is 67.8 Å². The van der Waals surface area contributed by atoms with E-state index in [-0.39, 0.29) is 11.8 Å². The lowest BCUT2D eigenvalue weighted by Gasteiger charge is -2.14. The summed E-state index contributed by atoms with van der Waals surface area (Å²) in [7, 11) is 3.14. The summed E-state index contributed by atoms with van der Waals surface area (Å²) in [6, 6.07) is 12.0. The first-order valence-corrected chi connectivity index (χ1v) is 13.1. The van der Waals surface area contributed by atoms with Gasteiger partial charge < -0.3 is 19.5 Å². The van der Waals surface area contributed by atoms with Gasteiger partial charge in [0, 0.05) is 18.7 Å². The van der Waals surface area contributed by atoms with Crippen molar-refractivity contribution in [2.45, 2.75) is 32.6 Å². The van der Waals surface area contributed by atoms with E-state index in [1.165, 1.54) is 11.8 Å². The second-order valence-electron chi connectivity index (χ2n) is 8.10. The Morgan fingerprint density at radius 3 is 2.43 bits per heavy atom. The quantitative estimate of drug-likeness (QED) is 0.168. The fraction of sp³-hybridized carbons (Fsp3) is 0.333. The summed E-state index contributed by atoms with van der Waals surface area (Å²) in [6.45, 7) is 2.56. The zero-order valence-corrected chi connectivity index (χ0v) is 22.7. The van der Waals surface area contributed by atoms with Gasteiger partial charge in [0.05, 0.1) is 31.3 Å². The molecule has 0 aromatic heterocycles. The van der Waals surface area contributed by atoms with Gasteiger partial charge in [-0.3, -0.25) is 14.5 Å². The number of hydrogen-bond donors (Lipinski definition) is 1. The number of anilines is 1. The van der Waals surface area contributed by atoms with Crippen molar-refractivity contribution in [2.24, 2.45) is 0 Å². The largest absolute Gasteiger partial charge is 0.493 e. The molecule has 0 radical (unpaired) electrons. The molecule has 0 atom stereocenters. The van der Waals surface area contributed by atoms with Crippen LogP contribution in [0.5, 0.6) is 11.5 Å². The van der Waals surface area contributed by atoms with E-state index in [2.05, 4.69) is 5.32 Å². The van der Waals surface area contributed by atoms with Crippen LogP contribution in [0.15, 0.2) is 47.4 Å². The molecule has 1 N–H and O–H groups in total. The molecule has 1 aliphatic rings. The maximum Gasteiger partial charge on any atom is 0.338 e. The van der Waals surface area contributed by atoms with E-state index >= 15 is 0 Å². The number of nitrogens with zero attached hydrogens (tertiary/aromatic N) is 1. The van der Waals surface area contributed by atoms with E-state index in [1.807, 2.05) is 12.1 Å². The SMILES string of the molecule is CCOC(=O)c1ccc(NC(=O)CCCCCN2C(=O)C(=Cc3ccc(OC)c(OC)c3)SC2=S)cc1. The van der Waals surface area contributed by atoms with E-state index < -0.39 is 5.97 Å². The van der Waals surface area contributed by atoms with Crippen LogP contribution in [-0.4, -0.2) is 54.4 Å². The van der Waals surface area contributed by atoms with Gasteiger partial charge in [0.15, 0.2) is 11.5 Å². The van der Waals surface area contributed by atoms with E-state index in [0.29, 0.717) is 58.0 Å². The number of nitrogens with one attached hydrogen (secondary N) is 1. The molecular formula is C27H30N2O6S2. The average Bonchev–Trinajstić information content (AvgIpc) is 3.16. The molecule has 1 saturated heterocycles. The van der Waals surface area contributed by atoms with Gasteiger partial charge in [0.1, 0.15) is 4.32 Å². The number of rotatable bonds is 12. The zero-order valence-electron chi connectivity index (χ0n) is 21.1. The predicted octanol–water partition coefficient (Wildman–Crippen LogP) is 5.28. The van der Waals surface area contributed by atoms with Crippen molar-refractivity contribution >= 4 is 57.8 Å². The van der Waals surface area contributed by atoms with Crippen molar-refractivity contribution in [1.82, 2.24) is 4.90 Å². The highest BCUT2D eigenvalue weighted by Gasteiger charge is 2.31. The molecule has 2 aromatic carbocycles. The molecule has 1 aliphatic heterocycles. The van der Waals surface area contributed by atoms with Crippen LogP contribution in [0.1, 0.15) is 48.5 Å². The van der Waals surface area contributed by atoms with Crippen LogP contribution >= 0.6 is 24.0 Å². The Morgan fingerprint density at radius 1 is 1.03 bits per heavy atom. The fourth-order valence-electron chi connectivity index (χ4n) is 3.65. The molecule has 8 nitrogen and oxygen atoms in total. The third kappa shape index (κ3) is 7.80. The lowest BCUT2D eigenvalue weighted by Crippen LogP contribution is -2.29. The molecule has 0 bridgehead atoms. The van der Waals surface area contributed by atoms with Crippen molar-refractivity contribution in [2.75, 3.05) is 32.7 Å². The number of carbonyl (C=O) groups excluding carboxylic acids is 3. The van der Waals surface area contributed by atoms with Gasteiger partial charge in [0.2, 0.25) is 5.91 Å². The molecular weight excluding hydrogens is 512 g/mol. The van der Waals surface area contributed by atoms with E-state index in [1.54, 1.807) is 62.5 Å². The number of carbonyl (C=O) groups is 3. The first-order chi connectivity index (χ1) is 17.9. The van der Waals surface area contributed by atoms with E-state index in [9.17, 15) is 14.4 Å². The van der Waals surface area contributed by atoms with Crippen molar-refractivity contribution in [1.29, 1.82) is 0 Å². The number of hydrogen-bond acceptors (Lipinski definition) is 8. The van der Waals surface area contributed by atoms with Gasteiger partial charge >= 0.3 is 5.97 Å². The lowest BCUT2D eigenvalue weighted by atomic mass is 10.1. The van der Waals surface area contributed by atoms with Crippen LogP contribution in [0.4, 0.5) is 5.69 Å². The third-order valence-electron chi connectivity index (χ3n) is 5.54. The molecule has 0 unspecified atom stereocenters. The Bertz CT molecular complexity index is 1180. The summed E-state index contributed by atoms with van der Waals surface area (Å²) in [5.74, 6) is 0.594. The Kier molecular flexibility index (Phi) is 10.5. The molecule has 0 saturated carbocycles. The molecule has 2 amide bonds. The molecule has 1 heterocycles. The third-order valence-corrected chi connectivity index (χ3v) is 6.92. The Hall–Kier alpha value is -3.37. The van der Waals surface area contributed by atoms with Crippen LogP contribution in [0.3, 0.4) is 0 Å². The zero-order chi connectivity index (χ0) is 26.8. The predicted molar refractivity (Wildman–Crippen MR) is 149 cm³/mol. The highest BCUT2D eigenvalue weighted by molar-refractivity contribution is 8.26. The van der Waals surface area contributed by atoms with Crippen LogP contribution in [0.2, 0.25) is 0 Å². The minimum absolute atomic E-state index is 0.104. The molecule has 0 spiro atoms. The first-order valence-electron chi connectivity index (χ1n) is 11.9. The number of methoxy groups -OCH3 is 2. The van der Waals surface area contributed by atoms with E-state index in [0.717, 1.165) is 18.4 Å². The minimum Gasteiger partial charge on any atom is -0.493 e. The van der Waals surface area contributed by atoms with Crippen LogP contribution in [0.25, 0.3) is 6.08 Å². The number of ether oxygens (including phenoxy) is 3. The molecule has 1 fully saturated rings. The Labute approximate surface area is 226 Å². The topological polar surface area (TPSA) is 94.2 Å². The molecule has 10 heteroatoms. The normalized spacial score (nSPS) is 14.1. The van der Waals surface area contributed by atoms with Gasteiger partial charge in [-0.2, -0.15) is 0 Å². The molecule has 0 aliphatic carbocycles. The number of benzene rings is 2. The van der Waals surface area contributed by atoms with Crippen LogP contribution in [-0.2, 0) is 14.3 Å². The van der Waals surface area contributed by atoms with Crippen molar-refractivity contribution in [3.63, 3.8) is 0 Å².